The first-order valence-corrected chi connectivity index (χ1v) is 11.0. The average molecular weight is 463 g/mol. The number of carbonyl (C=O) groups excluding carboxylic acids is 1. The van der Waals surface area contributed by atoms with E-state index in [2.05, 4.69) is 15.6 Å². The van der Waals surface area contributed by atoms with Crippen molar-refractivity contribution in [3.8, 4) is 11.3 Å². The van der Waals surface area contributed by atoms with Gasteiger partial charge in [-0.3, -0.25) is 14.5 Å². The lowest BCUT2D eigenvalue weighted by Gasteiger charge is -2.29. The van der Waals surface area contributed by atoms with Crippen LogP contribution < -0.4 is 5.32 Å². The Morgan fingerprint density at radius 2 is 2.06 bits per heavy atom. The van der Waals surface area contributed by atoms with Crippen LogP contribution in [0.5, 0.6) is 0 Å². The molecule has 1 fully saturated rings. The number of carbonyl (C=O) groups is 1. The SMILES string of the molecule is Cn1cc(C(C)(CNC(=O)c2cc(-c3ccc(F)cc3F)on2)c2cccc(C3CC3)n2)cn1. The van der Waals surface area contributed by atoms with Crippen LogP contribution in [0.15, 0.2) is 59.4 Å². The van der Waals surface area contributed by atoms with E-state index in [1.807, 2.05) is 38.4 Å². The zero-order valence-electron chi connectivity index (χ0n) is 18.8. The molecule has 1 aliphatic carbocycles. The van der Waals surface area contributed by atoms with Gasteiger partial charge in [-0.1, -0.05) is 11.2 Å². The molecule has 5 rings (SSSR count). The molecular weight excluding hydrogens is 440 g/mol. The molecule has 0 bridgehead atoms. The Bertz CT molecular complexity index is 1360. The summed E-state index contributed by atoms with van der Waals surface area (Å²) in [5, 5.41) is 11.0. The molecule has 1 amide bonds. The van der Waals surface area contributed by atoms with Crippen LogP contribution in [0.4, 0.5) is 8.78 Å². The second-order valence-corrected chi connectivity index (χ2v) is 8.84. The summed E-state index contributed by atoms with van der Waals surface area (Å²) in [7, 11) is 1.84. The summed E-state index contributed by atoms with van der Waals surface area (Å²) in [6, 6.07) is 10.4. The fourth-order valence-electron chi connectivity index (χ4n) is 3.96. The van der Waals surface area contributed by atoms with Crippen molar-refractivity contribution in [1.82, 2.24) is 25.2 Å². The van der Waals surface area contributed by atoms with Gasteiger partial charge in [0.15, 0.2) is 11.5 Å². The number of nitrogens with zero attached hydrogens (tertiary/aromatic N) is 4. The predicted molar refractivity (Wildman–Crippen MR) is 120 cm³/mol. The van der Waals surface area contributed by atoms with E-state index >= 15 is 0 Å². The number of aromatic nitrogens is 4. The molecule has 0 aliphatic heterocycles. The minimum atomic E-state index is -0.797. The molecule has 9 heteroatoms. The molecule has 1 unspecified atom stereocenters. The van der Waals surface area contributed by atoms with Crippen LogP contribution in [0, 0.1) is 11.6 Å². The lowest BCUT2D eigenvalue weighted by atomic mass is 9.80. The van der Waals surface area contributed by atoms with Crippen molar-refractivity contribution in [3.63, 3.8) is 0 Å². The van der Waals surface area contributed by atoms with Crippen LogP contribution >= 0.6 is 0 Å². The Morgan fingerprint density at radius 1 is 1.24 bits per heavy atom. The third-order valence-electron chi connectivity index (χ3n) is 6.22. The highest BCUT2D eigenvalue weighted by Crippen LogP contribution is 2.40. The van der Waals surface area contributed by atoms with E-state index in [9.17, 15) is 13.6 Å². The molecule has 34 heavy (non-hydrogen) atoms. The van der Waals surface area contributed by atoms with Gasteiger partial charge in [-0.15, -0.1) is 0 Å². The zero-order chi connectivity index (χ0) is 23.9. The standard InChI is InChI=1S/C25H23F2N5O2/c1-25(16-12-29-32(2)13-16,23-5-3-4-20(30-23)15-6-7-15)14-28-24(33)21-11-22(34-31-21)18-9-8-17(26)10-19(18)27/h3-5,8-13,15H,6-7,14H2,1-2H3,(H,28,33). The Balaban J connectivity index is 1.39. The summed E-state index contributed by atoms with van der Waals surface area (Å²) in [4.78, 5) is 17.8. The maximum atomic E-state index is 14.1. The van der Waals surface area contributed by atoms with Crippen LogP contribution in [0.3, 0.4) is 0 Å². The fraction of sp³-hybridized carbons (Fsp3) is 0.280. The molecule has 0 radical (unpaired) electrons. The van der Waals surface area contributed by atoms with E-state index in [1.165, 1.54) is 12.1 Å². The van der Waals surface area contributed by atoms with E-state index < -0.39 is 23.0 Å². The van der Waals surface area contributed by atoms with Crippen molar-refractivity contribution in [2.75, 3.05) is 6.54 Å². The number of hydrogen-bond acceptors (Lipinski definition) is 5. The monoisotopic (exact) mass is 463 g/mol. The molecule has 3 aromatic heterocycles. The molecule has 0 saturated heterocycles. The molecule has 1 atom stereocenters. The first kappa shape index (κ1) is 21.9. The number of aryl methyl sites for hydroxylation is 1. The molecule has 0 spiro atoms. The summed E-state index contributed by atoms with van der Waals surface area (Å²) in [5.74, 6) is -1.45. The molecule has 174 valence electrons. The van der Waals surface area contributed by atoms with Gasteiger partial charge >= 0.3 is 0 Å². The predicted octanol–water partition coefficient (Wildman–Crippen LogP) is 4.36. The van der Waals surface area contributed by atoms with Gasteiger partial charge in [-0.2, -0.15) is 5.10 Å². The normalized spacial score (nSPS) is 15.2. The molecule has 1 N–H and O–H groups in total. The largest absolute Gasteiger partial charge is 0.355 e. The highest BCUT2D eigenvalue weighted by molar-refractivity contribution is 5.93. The van der Waals surface area contributed by atoms with Crippen molar-refractivity contribution in [2.45, 2.75) is 31.1 Å². The zero-order valence-corrected chi connectivity index (χ0v) is 18.8. The summed E-state index contributed by atoms with van der Waals surface area (Å²) in [6.07, 6.45) is 5.95. The van der Waals surface area contributed by atoms with Crippen molar-refractivity contribution in [1.29, 1.82) is 0 Å². The summed E-state index contributed by atoms with van der Waals surface area (Å²) in [6.45, 7) is 2.23. The van der Waals surface area contributed by atoms with E-state index in [-0.39, 0.29) is 23.6 Å². The first-order valence-electron chi connectivity index (χ1n) is 11.0. The van der Waals surface area contributed by atoms with Gasteiger partial charge in [0, 0.05) is 49.1 Å². The number of amides is 1. The topological polar surface area (TPSA) is 85.8 Å². The lowest BCUT2D eigenvalue weighted by molar-refractivity contribution is 0.0938. The molecule has 4 aromatic rings. The fourth-order valence-corrected chi connectivity index (χ4v) is 3.96. The Hall–Kier alpha value is -3.88. The summed E-state index contributed by atoms with van der Waals surface area (Å²) >= 11 is 0. The Labute approximate surface area is 194 Å². The van der Waals surface area contributed by atoms with Crippen molar-refractivity contribution >= 4 is 5.91 Å². The molecule has 1 aromatic carbocycles. The van der Waals surface area contributed by atoms with Crippen molar-refractivity contribution < 1.29 is 18.1 Å². The molecule has 7 nitrogen and oxygen atoms in total. The van der Waals surface area contributed by atoms with E-state index in [1.54, 1.807) is 10.9 Å². The Kier molecular flexibility index (Phi) is 5.47. The smallest absolute Gasteiger partial charge is 0.273 e. The maximum absolute atomic E-state index is 14.1. The van der Waals surface area contributed by atoms with Gasteiger partial charge < -0.3 is 9.84 Å². The van der Waals surface area contributed by atoms with Gasteiger partial charge in [-0.05, 0) is 44.0 Å². The highest BCUT2D eigenvalue weighted by atomic mass is 19.1. The Morgan fingerprint density at radius 3 is 2.76 bits per heavy atom. The second kappa shape index (κ2) is 8.48. The average Bonchev–Trinajstić information content (AvgIpc) is 3.40. The van der Waals surface area contributed by atoms with Gasteiger partial charge in [0.05, 0.1) is 22.9 Å². The van der Waals surface area contributed by atoms with Crippen LogP contribution in [0.2, 0.25) is 0 Å². The summed E-state index contributed by atoms with van der Waals surface area (Å²) in [5.41, 5.74) is 2.16. The minimum Gasteiger partial charge on any atom is -0.355 e. The summed E-state index contributed by atoms with van der Waals surface area (Å²) < 4.78 is 34.1. The number of benzene rings is 1. The van der Waals surface area contributed by atoms with Crippen LogP contribution in [0.25, 0.3) is 11.3 Å². The molecule has 1 saturated carbocycles. The van der Waals surface area contributed by atoms with E-state index in [0.29, 0.717) is 5.92 Å². The minimum absolute atomic E-state index is 0.00745. The number of rotatable bonds is 7. The van der Waals surface area contributed by atoms with E-state index in [4.69, 9.17) is 9.51 Å². The third kappa shape index (κ3) is 4.21. The van der Waals surface area contributed by atoms with Crippen molar-refractivity contribution in [3.05, 3.63) is 89.1 Å². The molecule has 3 heterocycles. The lowest BCUT2D eigenvalue weighted by Crippen LogP contribution is -2.40. The van der Waals surface area contributed by atoms with Crippen LogP contribution in [-0.2, 0) is 12.5 Å². The maximum Gasteiger partial charge on any atom is 0.273 e. The van der Waals surface area contributed by atoms with Gasteiger partial charge in [0.25, 0.3) is 5.91 Å². The van der Waals surface area contributed by atoms with Gasteiger partial charge in [0.1, 0.15) is 11.6 Å². The third-order valence-corrected chi connectivity index (χ3v) is 6.22. The second-order valence-electron chi connectivity index (χ2n) is 8.84. The molecular formula is C25H23F2N5O2. The van der Waals surface area contributed by atoms with Crippen LogP contribution in [-0.4, -0.2) is 32.4 Å². The van der Waals surface area contributed by atoms with Gasteiger partial charge in [0.2, 0.25) is 0 Å². The highest BCUT2D eigenvalue weighted by Gasteiger charge is 2.34. The van der Waals surface area contributed by atoms with Crippen molar-refractivity contribution in [2.24, 2.45) is 7.05 Å². The van der Waals surface area contributed by atoms with E-state index in [0.717, 1.165) is 41.9 Å². The number of hydrogen-bond donors (Lipinski definition) is 1. The number of nitrogens with one attached hydrogen (secondary N) is 1. The van der Waals surface area contributed by atoms with Gasteiger partial charge in [-0.25, -0.2) is 8.78 Å². The number of pyridine rings is 1. The number of halogens is 2. The quantitative estimate of drug-likeness (QED) is 0.440. The molecule has 1 aliphatic rings. The first-order chi connectivity index (χ1) is 16.3. The van der Waals surface area contributed by atoms with Crippen LogP contribution in [0.1, 0.15) is 53.1 Å².